The van der Waals surface area contributed by atoms with Gasteiger partial charge in [-0.25, -0.2) is 0 Å². The molecule has 5 heteroatoms. The molecule has 1 N–H and O–H groups in total. The summed E-state index contributed by atoms with van der Waals surface area (Å²) in [6.07, 6.45) is 8.33. The van der Waals surface area contributed by atoms with Gasteiger partial charge >= 0.3 is 0 Å². The minimum atomic E-state index is -0.141. The van der Waals surface area contributed by atoms with E-state index in [1.807, 2.05) is 12.4 Å². The fourth-order valence-electron chi connectivity index (χ4n) is 4.21. The summed E-state index contributed by atoms with van der Waals surface area (Å²) in [6, 6.07) is 4.85. The van der Waals surface area contributed by atoms with Crippen LogP contribution in [0.4, 0.5) is 0 Å². The number of nitrogens with one attached hydrogen (secondary N) is 1. The molecule has 2 aliphatic heterocycles. The maximum Gasteiger partial charge on any atom is 0.224 e. The largest absolute Gasteiger partial charge is 0.351 e. The third-order valence-corrected chi connectivity index (χ3v) is 5.55. The Balaban J connectivity index is 1.47. The molecule has 1 aromatic heterocycles. The maximum atomic E-state index is 12.5. The molecule has 0 aliphatic carbocycles. The van der Waals surface area contributed by atoms with Crippen molar-refractivity contribution >= 4 is 5.91 Å². The standard InChI is InChI=1S/C21H34N4O/c1-21(2,3)23-20(26)18-5-4-12-25(16-18)19-8-13-24(14-9-19)15-17-6-10-22-11-7-17/h6-7,10-11,18-19H,4-5,8-9,12-16H2,1-3H3,(H,23,26). The Morgan fingerprint density at radius 3 is 2.50 bits per heavy atom. The highest BCUT2D eigenvalue weighted by atomic mass is 16.2. The molecule has 0 spiro atoms. The van der Waals surface area contributed by atoms with Crippen LogP contribution in [0, 0.1) is 5.92 Å². The van der Waals surface area contributed by atoms with Crippen LogP contribution in [0.15, 0.2) is 24.5 Å². The maximum absolute atomic E-state index is 12.5. The van der Waals surface area contributed by atoms with Gasteiger partial charge in [-0.2, -0.15) is 0 Å². The average Bonchev–Trinajstić information content (AvgIpc) is 2.62. The first kappa shape index (κ1) is 19.3. The minimum Gasteiger partial charge on any atom is -0.351 e. The Hall–Kier alpha value is -1.46. The topological polar surface area (TPSA) is 48.5 Å². The van der Waals surface area contributed by atoms with Crippen LogP contribution in [0.5, 0.6) is 0 Å². The second-order valence-corrected chi connectivity index (χ2v) is 8.94. The Bertz CT molecular complexity index is 575. The summed E-state index contributed by atoms with van der Waals surface area (Å²) in [5, 5.41) is 3.17. The smallest absolute Gasteiger partial charge is 0.224 e. The second-order valence-electron chi connectivity index (χ2n) is 8.94. The molecule has 0 saturated carbocycles. The number of amides is 1. The first-order valence-electron chi connectivity index (χ1n) is 10.1. The molecule has 0 aromatic carbocycles. The lowest BCUT2D eigenvalue weighted by atomic mass is 9.92. The highest BCUT2D eigenvalue weighted by molar-refractivity contribution is 5.79. The molecule has 26 heavy (non-hydrogen) atoms. The molecule has 3 rings (SSSR count). The highest BCUT2D eigenvalue weighted by Gasteiger charge is 2.32. The summed E-state index contributed by atoms with van der Waals surface area (Å²) in [5.41, 5.74) is 1.20. The number of nitrogens with zero attached hydrogens (tertiary/aromatic N) is 3. The summed E-state index contributed by atoms with van der Waals surface area (Å²) in [5.74, 6) is 0.384. The molecule has 1 aromatic rings. The van der Waals surface area contributed by atoms with Crippen molar-refractivity contribution in [2.24, 2.45) is 5.92 Å². The van der Waals surface area contributed by atoms with E-state index in [2.05, 4.69) is 53.0 Å². The Morgan fingerprint density at radius 1 is 1.15 bits per heavy atom. The Labute approximate surface area is 158 Å². The average molecular weight is 359 g/mol. The van der Waals surface area contributed by atoms with Crippen molar-refractivity contribution in [3.63, 3.8) is 0 Å². The van der Waals surface area contributed by atoms with Crippen molar-refractivity contribution in [3.05, 3.63) is 30.1 Å². The summed E-state index contributed by atoms with van der Waals surface area (Å²) in [7, 11) is 0. The van der Waals surface area contributed by atoms with Crippen molar-refractivity contribution in [2.45, 2.75) is 64.6 Å². The van der Waals surface area contributed by atoms with Crippen LogP contribution < -0.4 is 5.32 Å². The number of hydrogen-bond acceptors (Lipinski definition) is 4. The van der Waals surface area contributed by atoms with E-state index >= 15 is 0 Å². The van der Waals surface area contributed by atoms with E-state index in [0.717, 1.165) is 45.6 Å². The van der Waals surface area contributed by atoms with Gasteiger partial charge in [0.05, 0.1) is 5.92 Å². The second kappa shape index (κ2) is 8.49. The van der Waals surface area contributed by atoms with Crippen molar-refractivity contribution < 1.29 is 4.79 Å². The van der Waals surface area contributed by atoms with E-state index in [4.69, 9.17) is 0 Å². The van der Waals surface area contributed by atoms with Gasteiger partial charge in [-0.3, -0.25) is 19.6 Å². The summed E-state index contributed by atoms with van der Waals surface area (Å²) >= 11 is 0. The molecule has 2 fully saturated rings. The predicted molar refractivity (Wildman–Crippen MR) is 105 cm³/mol. The number of likely N-dealkylation sites (tertiary alicyclic amines) is 2. The molecule has 2 saturated heterocycles. The lowest BCUT2D eigenvalue weighted by Gasteiger charge is -2.42. The molecular weight excluding hydrogens is 324 g/mol. The van der Waals surface area contributed by atoms with E-state index in [-0.39, 0.29) is 17.4 Å². The molecule has 1 atom stereocenters. The Kier molecular flexibility index (Phi) is 6.30. The van der Waals surface area contributed by atoms with E-state index in [0.29, 0.717) is 6.04 Å². The monoisotopic (exact) mass is 358 g/mol. The molecule has 0 radical (unpaired) electrons. The number of piperidine rings is 2. The van der Waals surface area contributed by atoms with Crippen molar-refractivity contribution in [2.75, 3.05) is 26.2 Å². The third-order valence-electron chi connectivity index (χ3n) is 5.55. The van der Waals surface area contributed by atoms with Gasteiger partial charge in [0.2, 0.25) is 5.91 Å². The fourth-order valence-corrected chi connectivity index (χ4v) is 4.21. The minimum absolute atomic E-state index is 0.141. The van der Waals surface area contributed by atoms with Gasteiger partial charge in [-0.1, -0.05) is 0 Å². The van der Waals surface area contributed by atoms with Crippen LogP contribution in [-0.2, 0) is 11.3 Å². The predicted octanol–water partition coefficient (Wildman–Crippen LogP) is 2.67. The molecule has 1 unspecified atom stereocenters. The Morgan fingerprint density at radius 2 is 1.85 bits per heavy atom. The molecule has 144 valence electrons. The lowest BCUT2D eigenvalue weighted by molar-refractivity contribution is -0.128. The molecule has 3 heterocycles. The van der Waals surface area contributed by atoms with Crippen molar-refractivity contribution in [1.29, 1.82) is 0 Å². The van der Waals surface area contributed by atoms with Gasteiger partial charge in [0.1, 0.15) is 0 Å². The number of carbonyl (C=O) groups is 1. The van der Waals surface area contributed by atoms with E-state index in [1.165, 1.54) is 18.4 Å². The van der Waals surface area contributed by atoms with Crippen LogP contribution >= 0.6 is 0 Å². The number of aromatic nitrogens is 1. The van der Waals surface area contributed by atoms with E-state index in [9.17, 15) is 4.79 Å². The van der Waals surface area contributed by atoms with Crippen LogP contribution in [0.25, 0.3) is 0 Å². The molecule has 2 aliphatic rings. The lowest BCUT2D eigenvalue weighted by Crippen LogP contribution is -2.52. The first-order chi connectivity index (χ1) is 12.4. The fraction of sp³-hybridized carbons (Fsp3) is 0.714. The number of pyridine rings is 1. The number of carbonyl (C=O) groups excluding carboxylic acids is 1. The van der Waals surface area contributed by atoms with Gasteiger partial charge in [-0.15, -0.1) is 0 Å². The van der Waals surface area contributed by atoms with E-state index in [1.54, 1.807) is 0 Å². The van der Waals surface area contributed by atoms with Crippen molar-refractivity contribution in [3.8, 4) is 0 Å². The van der Waals surface area contributed by atoms with Crippen molar-refractivity contribution in [1.82, 2.24) is 20.1 Å². The normalized spacial score (nSPS) is 23.7. The summed E-state index contributed by atoms with van der Waals surface area (Å²) < 4.78 is 0. The zero-order valence-electron chi connectivity index (χ0n) is 16.6. The summed E-state index contributed by atoms with van der Waals surface area (Å²) in [4.78, 5) is 21.8. The molecule has 5 nitrogen and oxygen atoms in total. The van der Waals surface area contributed by atoms with Gasteiger partial charge in [-0.05, 0) is 83.8 Å². The molecule has 0 bridgehead atoms. The van der Waals surface area contributed by atoms with Crippen LogP contribution in [-0.4, -0.2) is 58.5 Å². The van der Waals surface area contributed by atoms with Gasteiger partial charge in [0.15, 0.2) is 0 Å². The first-order valence-corrected chi connectivity index (χ1v) is 10.1. The molecule has 1 amide bonds. The number of hydrogen-bond donors (Lipinski definition) is 1. The van der Waals surface area contributed by atoms with Crippen LogP contribution in [0.1, 0.15) is 52.0 Å². The van der Waals surface area contributed by atoms with Crippen LogP contribution in [0.3, 0.4) is 0 Å². The quantitative estimate of drug-likeness (QED) is 0.899. The third kappa shape index (κ3) is 5.52. The van der Waals surface area contributed by atoms with Gasteiger partial charge < -0.3 is 5.32 Å². The van der Waals surface area contributed by atoms with Gasteiger partial charge in [0, 0.05) is 37.1 Å². The zero-order valence-corrected chi connectivity index (χ0v) is 16.6. The summed E-state index contributed by atoms with van der Waals surface area (Å²) in [6.45, 7) is 11.6. The molecular formula is C21H34N4O. The highest BCUT2D eigenvalue weighted by Crippen LogP contribution is 2.25. The SMILES string of the molecule is CC(C)(C)NC(=O)C1CCCN(C2CCN(Cc3ccncc3)CC2)C1. The zero-order chi connectivity index (χ0) is 18.6. The van der Waals surface area contributed by atoms with Crippen LogP contribution in [0.2, 0.25) is 0 Å². The van der Waals surface area contributed by atoms with E-state index < -0.39 is 0 Å². The number of rotatable bonds is 4. The van der Waals surface area contributed by atoms with Gasteiger partial charge in [0.25, 0.3) is 0 Å².